The first-order valence-corrected chi connectivity index (χ1v) is 3.09. The van der Waals surface area contributed by atoms with Crippen LogP contribution in [-0.4, -0.2) is 11.2 Å². The maximum absolute atomic E-state index is 8.46. The molecule has 2 nitrogen and oxygen atoms in total. The lowest BCUT2D eigenvalue weighted by atomic mass is 10.0. The van der Waals surface area contributed by atoms with Gasteiger partial charge in [0.2, 0.25) is 0 Å². The predicted molar refractivity (Wildman–Crippen MR) is 31.7 cm³/mol. The van der Waals surface area contributed by atoms with E-state index in [1.54, 1.807) is 0 Å². The molecule has 1 saturated carbocycles. The van der Waals surface area contributed by atoms with Crippen LogP contribution in [0.4, 0.5) is 0 Å². The predicted octanol–water partition coefficient (Wildman–Crippen LogP) is 1.15. The van der Waals surface area contributed by atoms with Crippen molar-refractivity contribution in [1.82, 2.24) is 5.48 Å². The highest BCUT2D eigenvalue weighted by Gasteiger charge is 2.42. The van der Waals surface area contributed by atoms with Gasteiger partial charge in [-0.25, -0.2) is 5.48 Å². The molecule has 0 aromatic carbocycles. The SMILES string of the molecule is CC(NO)C1(C)CC1. The fourth-order valence-electron chi connectivity index (χ4n) is 0.786. The molecular weight excluding hydrogens is 102 g/mol. The Bertz CT molecular complexity index is 88.5. The highest BCUT2D eigenvalue weighted by atomic mass is 16.5. The zero-order valence-electron chi connectivity index (χ0n) is 5.44. The van der Waals surface area contributed by atoms with Gasteiger partial charge in [-0.3, -0.25) is 0 Å². The summed E-state index contributed by atoms with van der Waals surface area (Å²) in [6.07, 6.45) is 2.50. The minimum atomic E-state index is 0.266. The van der Waals surface area contributed by atoms with Crippen molar-refractivity contribution in [2.45, 2.75) is 32.7 Å². The zero-order valence-corrected chi connectivity index (χ0v) is 5.44. The van der Waals surface area contributed by atoms with Crippen molar-refractivity contribution in [3.63, 3.8) is 0 Å². The molecule has 0 bridgehead atoms. The lowest BCUT2D eigenvalue weighted by molar-refractivity contribution is 0.103. The average molecular weight is 115 g/mol. The largest absolute Gasteiger partial charge is 0.317 e. The minimum absolute atomic E-state index is 0.266. The molecule has 1 aliphatic carbocycles. The molecule has 0 aromatic rings. The summed E-state index contributed by atoms with van der Waals surface area (Å²) >= 11 is 0. The van der Waals surface area contributed by atoms with Crippen molar-refractivity contribution >= 4 is 0 Å². The van der Waals surface area contributed by atoms with Crippen LogP contribution in [0.3, 0.4) is 0 Å². The summed E-state index contributed by atoms with van der Waals surface area (Å²) in [5.41, 5.74) is 2.66. The van der Waals surface area contributed by atoms with Gasteiger partial charge in [0.05, 0.1) is 0 Å². The van der Waals surface area contributed by atoms with E-state index in [-0.39, 0.29) is 6.04 Å². The lowest BCUT2D eigenvalue weighted by Crippen LogP contribution is -2.30. The summed E-state index contributed by atoms with van der Waals surface area (Å²) in [6, 6.07) is 0.266. The second kappa shape index (κ2) is 1.71. The maximum Gasteiger partial charge on any atom is 0.0345 e. The van der Waals surface area contributed by atoms with Crippen LogP contribution in [0.5, 0.6) is 0 Å². The molecule has 0 radical (unpaired) electrons. The van der Waals surface area contributed by atoms with Crippen LogP contribution < -0.4 is 5.48 Å². The van der Waals surface area contributed by atoms with Gasteiger partial charge in [-0.05, 0) is 25.2 Å². The number of hydrogen-bond donors (Lipinski definition) is 2. The fourth-order valence-corrected chi connectivity index (χ4v) is 0.786. The Morgan fingerprint density at radius 2 is 2.12 bits per heavy atom. The highest BCUT2D eigenvalue weighted by molar-refractivity contribution is 4.95. The monoisotopic (exact) mass is 115 g/mol. The molecule has 0 saturated heterocycles. The van der Waals surface area contributed by atoms with Crippen molar-refractivity contribution in [3.05, 3.63) is 0 Å². The molecule has 8 heavy (non-hydrogen) atoms. The number of hydroxylamine groups is 1. The van der Waals surface area contributed by atoms with Crippen LogP contribution in [0, 0.1) is 5.41 Å². The number of nitrogens with one attached hydrogen (secondary N) is 1. The van der Waals surface area contributed by atoms with E-state index in [1.165, 1.54) is 12.8 Å². The van der Waals surface area contributed by atoms with E-state index in [1.807, 2.05) is 6.92 Å². The van der Waals surface area contributed by atoms with Crippen molar-refractivity contribution < 1.29 is 5.21 Å². The Hall–Kier alpha value is -0.0800. The van der Waals surface area contributed by atoms with Crippen LogP contribution in [0.15, 0.2) is 0 Å². The smallest absolute Gasteiger partial charge is 0.0345 e. The van der Waals surface area contributed by atoms with Crippen molar-refractivity contribution in [2.24, 2.45) is 5.41 Å². The Balaban J connectivity index is 2.34. The van der Waals surface area contributed by atoms with Gasteiger partial charge in [-0.2, -0.15) is 0 Å². The van der Waals surface area contributed by atoms with Crippen LogP contribution in [0.25, 0.3) is 0 Å². The van der Waals surface area contributed by atoms with Gasteiger partial charge in [0.25, 0.3) is 0 Å². The van der Waals surface area contributed by atoms with Gasteiger partial charge in [-0.15, -0.1) is 0 Å². The van der Waals surface area contributed by atoms with Crippen LogP contribution in [-0.2, 0) is 0 Å². The summed E-state index contributed by atoms with van der Waals surface area (Å²) in [5, 5.41) is 8.46. The molecule has 0 aromatic heterocycles. The molecule has 1 unspecified atom stereocenters. The molecule has 48 valence electrons. The molecule has 2 heteroatoms. The first-order chi connectivity index (χ1) is 3.69. The van der Waals surface area contributed by atoms with Crippen LogP contribution in [0.2, 0.25) is 0 Å². The molecule has 1 atom stereocenters. The average Bonchev–Trinajstić information content (AvgIpc) is 2.47. The van der Waals surface area contributed by atoms with Gasteiger partial charge in [-0.1, -0.05) is 6.92 Å². The van der Waals surface area contributed by atoms with E-state index in [2.05, 4.69) is 12.4 Å². The summed E-state index contributed by atoms with van der Waals surface area (Å²) < 4.78 is 0. The van der Waals surface area contributed by atoms with Crippen LogP contribution >= 0.6 is 0 Å². The highest BCUT2D eigenvalue weighted by Crippen LogP contribution is 2.47. The van der Waals surface area contributed by atoms with Crippen molar-refractivity contribution in [3.8, 4) is 0 Å². The van der Waals surface area contributed by atoms with E-state index in [0.717, 1.165) is 0 Å². The van der Waals surface area contributed by atoms with E-state index in [0.29, 0.717) is 5.41 Å². The first kappa shape index (κ1) is 6.05. The topological polar surface area (TPSA) is 32.3 Å². The maximum atomic E-state index is 8.46. The molecular formula is C6H13NO. The van der Waals surface area contributed by atoms with Gasteiger partial charge >= 0.3 is 0 Å². The second-order valence-corrected chi connectivity index (χ2v) is 3.00. The summed E-state index contributed by atoms with van der Waals surface area (Å²) in [5.74, 6) is 0. The number of rotatable bonds is 2. The van der Waals surface area contributed by atoms with E-state index < -0.39 is 0 Å². The first-order valence-electron chi connectivity index (χ1n) is 3.09. The third kappa shape index (κ3) is 0.858. The molecule has 0 amide bonds. The Morgan fingerprint density at radius 3 is 2.25 bits per heavy atom. The Labute approximate surface area is 49.9 Å². The third-order valence-electron chi connectivity index (χ3n) is 2.28. The third-order valence-corrected chi connectivity index (χ3v) is 2.28. The van der Waals surface area contributed by atoms with E-state index in [9.17, 15) is 0 Å². The van der Waals surface area contributed by atoms with E-state index >= 15 is 0 Å². The standard InChI is InChI=1S/C6H13NO/c1-5(7-8)6(2)3-4-6/h5,7-8H,3-4H2,1-2H3. The molecule has 1 rings (SSSR count). The molecule has 2 N–H and O–H groups in total. The summed E-state index contributed by atoms with van der Waals surface area (Å²) in [7, 11) is 0. The normalized spacial score (nSPS) is 27.4. The zero-order chi connectivity index (χ0) is 6.20. The van der Waals surface area contributed by atoms with Crippen LogP contribution in [0.1, 0.15) is 26.7 Å². The molecule has 1 fully saturated rings. The quantitative estimate of drug-likeness (QED) is 0.529. The molecule has 0 spiro atoms. The molecule has 1 aliphatic rings. The van der Waals surface area contributed by atoms with Gasteiger partial charge in [0.1, 0.15) is 0 Å². The lowest BCUT2D eigenvalue weighted by Gasteiger charge is -2.15. The molecule has 0 aliphatic heterocycles. The second-order valence-electron chi connectivity index (χ2n) is 3.00. The Kier molecular flexibility index (Phi) is 1.29. The minimum Gasteiger partial charge on any atom is -0.317 e. The van der Waals surface area contributed by atoms with Crippen molar-refractivity contribution in [2.75, 3.05) is 0 Å². The van der Waals surface area contributed by atoms with Crippen molar-refractivity contribution in [1.29, 1.82) is 0 Å². The Morgan fingerprint density at radius 1 is 1.62 bits per heavy atom. The molecule has 0 heterocycles. The van der Waals surface area contributed by atoms with Gasteiger partial charge in [0.15, 0.2) is 0 Å². The summed E-state index contributed by atoms with van der Waals surface area (Å²) in [4.78, 5) is 0. The fraction of sp³-hybridized carbons (Fsp3) is 1.00. The summed E-state index contributed by atoms with van der Waals surface area (Å²) in [6.45, 7) is 4.19. The van der Waals surface area contributed by atoms with Gasteiger partial charge in [0, 0.05) is 6.04 Å². The number of hydrogen-bond acceptors (Lipinski definition) is 2. The van der Waals surface area contributed by atoms with E-state index in [4.69, 9.17) is 5.21 Å². The van der Waals surface area contributed by atoms with Gasteiger partial charge < -0.3 is 5.21 Å².